The molecule has 180 valence electrons. The van der Waals surface area contributed by atoms with Crippen LogP contribution in [0, 0.1) is 0 Å². The summed E-state index contributed by atoms with van der Waals surface area (Å²) >= 11 is 1.51. The first-order chi connectivity index (χ1) is 15.5. The molecule has 4 rings (SSSR count). The van der Waals surface area contributed by atoms with Gasteiger partial charge in [0, 0.05) is 37.7 Å². The Labute approximate surface area is 190 Å². The quantitative estimate of drug-likeness (QED) is 0.525. The van der Waals surface area contributed by atoms with Crippen molar-refractivity contribution in [2.75, 3.05) is 31.1 Å². The van der Waals surface area contributed by atoms with Gasteiger partial charge in [0.1, 0.15) is 5.01 Å². The molecular formula is C21H22F6N4OS. The van der Waals surface area contributed by atoms with Crippen LogP contribution in [-0.4, -0.2) is 47.2 Å². The van der Waals surface area contributed by atoms with Crippen molar-refractivity contribution in [2.24, 2.45) is 0 Å². The van der Waals surface area contributed by atoms with E-state index in [4.69, 9.17) is 0 Å². The number of halogens is 6. The minimum Gasteiger partial charge on any atom is -0.343 e. The Bertz CT molecular complexity index is 959. The fourth-order valence-electron chi connectivity index (χ4n) is 4.23. The summed E-state index contributed by atoms with van der Waals surface area (Å²) in [5.74, 6) is -0.442. The van der Waals surface area contributed by atoms with E-state index in [0.29, 0.717) is 31.1 Å². The molecule has 0 unspecified atom stereocenters. The third-order valence-electron chi connectivity index (χ3n) is 6.06. The smallest absolute Gasteiger partial charge is 0.343 e. The average Bonchev–Trinajstić information content (AvgIpc) is 3.28. The SMILES string of the molecule is O=C(c1cc(C(F)(F)F)cc(C(F)(F)F)c1)N1CCN(c2nnc(C3CCCCC3)s2)CC1. The fraction of sp³-hybridized carbons (Fsp3) is 0.571. The Kier molecular flexibility index (Phi) is 6.56. The van der Waals surface area contributed by atoms with Crippen molar-refractivity contribution in [2.45, 2.75) is 50.4 Å². The number of nitrogens with zero attached hydrogens (tertiary/aromatic N) is 4. The Hall–Kier alpha value is -2.37. The second-order valence-electron chi connectivity index (χ2n) is 8.33. The van der Waals surface area contributed by atoms with Gasteiger partial charge in [-0.25, -0.2) is 0 Å². The Balaban J connectivity index is 1.45. The van der Waals surface area contributed by atoms with Gasteiger partial charge in [-0.3, -0.25) is 4.79 Å². The molecule has 0 radical (unpaired) electrons. The van der Waals surface area contributed by atoms with Crippen molar-refractivity contribution < 1.29 is 31.1 Å². The van der Waals surface area contributed by atoms with E-state index in [1.165, 1.54) is 35.5 Å². The van der Waals surface area contributed by atoms with E-state index >= 15 is 0 Å². The van der Waals surface area contributed by atoms with Crippen LogP contribution >= 0.6 is 11.3 Å². The summed E-state index contributed by atoms with van der Waals surface area (Å²) in [6, 6.07) is 0.977. The van der Waals surface area contributed by atoms with Crippen molar-refractivity contribution in [3.63, 3.8) is 0 Å². The van der Waals surface area contributed by atoms with Gasteiger partial charge in [-0.05, 0) is 31.0 Å². The van der Waals surface area contributed by atoms with Gasteiger partial charge < -0.3 is 9.80 Å². The lowest BCUT2D eigenvalue weighted by Crippen LogP contribution is -2.48. The zero-order valence-electron chi connectivity index (χ0n) is 17.5. The largest absolute Gasteiger partial charge is 0.416 e. The molecule has 1 aromatic carbocycles. The number of carbonyl (C=O) groups is 1. The van der Waals surface area contributed by atoms with Crippen LogP contribution in [0.15, 0.2) is 18.2 Å². The highest BCUT2D eigenvalue weighted by Crippen LogP contribution is 2.38. The summed E-state index contributed by atoms with van der Waals surface area (Å²) in [5, 5.41) is 10.3. The number of amides is 1. The lowest BCUT2D eigenvalue weighted by atomic mass is 9.90. The molecule has 2 aromatic rings. The third-order valence-corrected chi connectivity index (χ3v) is 7.20. The predicted molar refractivity (Wildman–Crippen MR) is 110 cm³/mol. The predicted octanol–water partition coefficient (Wildman–Crippen LogP) is 5.59. The highest BCUT2D eigenvalue weighted by atomic mass is 32.1. The van der Waals surface area contributed by atoms with E-state index in [1.54, 1.807) is 0 Å². The molecule has 0 N–H and O–H groups in total. The summed E-state index contributed by atoms with van der Waals surface area (Å²) in [5.41, 5.74) is -3.62. The standard InChI is InChI=1S/C21H22F6N4OS/c22-20(23,24)15-10-14(11-16(12-15)21(25,26)27)18(32)30-6-8-31(9-7-30)19-29-28-17(33-19)13-4-2-1-3-5-13/h10-13H,1-9H2. The Morgan fingerprint density at radius 2 is 1.42 bits per heavy atom. The van der Waals surface area contributed by atoms with E-state index in [9.17, 15) is 31.1 Å². The molecule has 2 aliphatic rings. The van der Waals surface area contributed by atoms with Crippen LogP contribution in [0.5, 0.6) is 0 Å². The van der Waals surface area contributed by atoms with Gasteiger partial charge in [0.05, 0.1) is 11.1 Å². The zero-order valence-corrected chi connectivity index (χ0v) is 18.4. The lowest BCUT2D eigenvalue weighted by Gasteiger charge is -2.34. The van der Waals surface area contributed by atoms with Crippen LogP contribution in [0.1, 0.15) is 64.5 Å². The summed E-state index contributed by atoms with van der Waals surface area (Å²) in [4.78, 5) is 16.0. The molecule has 2 fully saturated rings. The van der Waals surface area contributed by atoms with E-state index in [1.807, 2.05) is 4.90 Å². The van der Waals surface area contributed by atoms with Gasteiger partial charge in [0.25, 0.3) is 5.91 Å². The topological polar surface area (TPSA) is 49.3 Å². The van der Waals surface area contributed by atoms with Crippen molar-refractivity contribution >= 4 is 22.4 Å². The summed E-state index contributed by atoms with van der Waals surface area (Å²) in [6.07, 6.45) is -4.24. The van der Waals surface area contributed by atoms with Gasteiger partial charge in [-0.1, -0.05) is 30.6 Å². The van der Waals surface area contributed by atoms with Gasteiger partial charge in [0.2, 0.25) is 5.13 Å². The van der Waals surface area contributed by atoms with Gasteiger partial charge in [-0.15, -0.1) is 10.2 Å². The molecule has 0 bridgehead atoms. The summed E-state index contributed by atoms with van der Waals surface area (Å²) in [7, 11) is 0. The first-order valence-corrected chi connectivity index (χ1v) is 11.5. The van der Waals surface area contributed by atoms with Crippen LogP contribution in [-0.2, 0) is 12.4 Å². The number of piperazine rings is 1. The molecule has 1 aromatic heterocycles. The maximum Gasteiger partial charge on any atom is 0.416 e. The van der Waals surface area contributed by atoms with Crippen LogP contribution in [0.2, 0.25) is 0 Å². The maximum absolute atomic E-state index is 13.1. The molecule has 1 saturated heterocycles. The first-order valence-electron chi connectivity index (χ1n) is 10.7. The van der Waals surface area contributed by atoms with Crippen molar-refractivity contribution in [1.82, 2.24) is 15.1 Å². The van der Waals surface area contributed by atoms with Crippen LogP contribution in [0.4, 0.5) is 31.5 Å². The average molecular weight is 492 g/mol. The zero-order chi connectivity index (χ0) is 23.8. The molecule has 5 nitrogen and oxygen atoms in total. The number of benzene rings is 1. The van der Waals surface area contributed by atoms with Crippen LogP contribution in [0.25, 0.3) is 0 Å². The second-order valence-corrected chi connectivity index (χ2v) is 9.32. The number of aromatic nitrogens is 2. The first kappa shape index (κ1) is 23.8. The third kappa shape index (κ3) is 5.42. The molecule has 12 heteroatoms. The molecule has 1 aliphatic carbocycles. The Morgan fingerprint density at radius 1 is 0.848 bits per heavy atom. The Morgan fingerprint density at radius 3 is 1.97 bits per heavy atom. The number of hydrogen-bond donors (Lipinski definition) is 0. The van der Waals surface area contributed by atoms with E-state index < -0.39 is 35.0 Å². The van der Waals surface area contributed by atoms with E-state index in [-0.39, 0.29) is 19.2 Å². The summed E-state index contributed by atoms with van der Waals surface area (Å²) in [6.45, 7) is 1.07. The molecule has 33 heavy (non-hydrogen) atoms. The fourth-order valence-corrected chi connectivity index (χ4v) is 5.29. The molecule has 1 aliphatic heterocycles. The minimum atomic E-state index is -5.00. The highest BCUT2D eigenvalue weighted by Gasteiger charge is 2.38. The molecule has 2 heterocycles. The molecule has 0 spiro atoms. The second kappa shape index (κ2) is 9.11. The van der Waals surface area contributed by atoms with Crippen molar-refractivity contribution in [3.8, 4) is 0 Å². The number of alkyl halides is 6. The molecular weight excluding hydrogens is 470 g/mol. The van der Waals surface area contributed by atoms with Crippen molar-refractivity contribution in [3.05, 3.63) is 39.9 Å². The number of rotatable bonds is 3. The van der Waals surface area contributed by atoms with Gasteiger partial charge >= 0.3 is 12.4 Å². The van der Waals surface area contributed by atoms with E-state index in [2.05, 4.69) is 10.2 Å². The lowest BCUT2D eigenvalue weighted by molar-refractivity contribution is -0.143. The number of anilines is 1. The molecule has 0 atom stereocenters. The maximum atomic E-state index is 13.1. The monoisotopic (exact) mass is 492 g/mol. The van der Waals surface area contributed by atoms with Crippen molar-refractivity contribution in [1.29, 1.82) is 0 Å². The number of carbonyl (C=O) groups excluding carboxylic acids is 1. The number of hydrogen-bond acceptors (Lipinski definition) is 5. The van der Waals surface area contributed by atoms with Gasteiger partial charge in [0.15, 0.2) is 0 Å². The molecule has 1 saturated carbocycles. The van der Waals surface area contributed by atoms with Gasteiger partial charge in [-0.2, -0.15) is 26.3 Å². The highest BCUT2D eigenvalue weighted by molar-refractivity contribution is 7.15. The minimum absolute atomic E-state index is 0.0219. The summed E-state index contributed by atoms with van der Waals surface area (Å²) < 4.78 is 78.6. The van der Waals surface area contributed by atoms with Crippen LogP contribution < -0.4 is 4.90 Å². The normalized spacial score (nSPS) is 18.6. The molecule has 1 amide bonds. The van der Waals surface area contributed by atoms with E-state index in [0.717, 1.165) is 23.0 Å². The van der Waals surface area contributed by atoms with Crippen LogP contribution in [0.3, 0.4) is 0 Å².